The second-order valence-electron chi connectivity index (χ2n) is 7.01. The Hall–Kier alpha value is -2.48. The summed E-state index contributed by atoms with van der Waals surface area (Å²) in [5.74, 6) is 1.72. The zero-order valence-electron chi connectivity index (χ0n) is 17.5. The van der Waals surface area contributed by atoms with Gasteiger partial charge in [-0.3, -0.25) is 14.5 Å². The van der Waals surface area contributed by atoms with E-state index in [1.807, 2.05) is 4.90 Å². The number of amides is 2. The fourth-order valence-corrected chi connectivity index (χ4v) is 3.24. The maximum atomic E-state index is 12.8. The van der Waals surface area contributed by atoms with Crippen LogP contribution in [-0.4, -0.2) is 94.7 Å². The average molecular weight is 393 g/mol. The van der Waals surface area contributed by atoms with Gasteiger partial charge in [-0.2, -0.15) is 0 Å². The molecule has 8 heteroatoms. The van der Waals surface area contributed by atoms with Gasteiger partial charge in [0.05, 0.1) is 34.3 Å². The Kier molecular flexibility index (Phi) is 7.92. The molecular weight excluding hydrogens is 362 g/mol. The first-order valence-electron chi connectivity index (χ1n) is 9.38. The van der Waals surface area contributed by atoms with Crippen molar-refractivity contribution in [3.8, 4) is 17.2 Å². The van der Waals surface area contributed by atoms with E-state index in [4.69, 9.17) is 14.2 Å². The fourth-order valence-electron chi connectivity index (χ4n) is 3.24. The molecule has 8 nitrogen and oxygen atoms in total. The Bertz CT molecular complexity index is 667. The second-order valence-corrected chi connectivity index (χ2v) is 7.01. The van der Waals surface area contributed by atoms with Gasteiger partial charge in [-0.1, -0.05) is 0 Å². The van der Waals surface area contributed by atoms with Gasteiger partial charge in [0.25, 0.3) is 0 Å². The number of nitrogens with zero attached hydrogens (tertiary/aromatic N) is 3. The minimum absolute atomic E-state index is 0.0510. The molecule has 0 spiro atoms. The molecule has 1 saturated heterocycles. The molecule has 1 aliphatic heterocycles. The van der Waals surface area contributed by atoms with Crippen molar-refractivity contribution < 1.29 is 23.8 Å². The molecule has 1 heterocycles. The lowest BCUT2D eigenvalue weighted by Crippen LogP contribution is -2.40. The molecule has 1 aromatic rings. The number of carbonyl (C=O) groups excluding carboxylic acids is 2. The van der Waals surface area contributed by atoms with Gasteiger partial charge in [-0.25, -0.2) is 0 Å². The number of ether oxygens (including phenoxy) is 3. The van der Waals surface area contributed by atoms with Crippen LogP contribution in [0.5, 0.6) is 17.2 Å². The zero-order valence-corrected chi connectivity index (χ0v) is 17.5. The normalized spacial score (nSPS) is 15.0. The largest absolute Gasteiger partial charge is 0.493 e. The Balaban J connectivity index is 2.02. The third-order valence-corrected chi connectivity index (χ3v) is 4.88. The average Bonchev–Trinajstić information content (AvgIpc) is 2.92. The van der Waals surface area contributed by atoms with Crippen LogP contribution in [-0.2, 0) is 16.0 Å². The van der Waals surface area contributed by atoms with E-state index in [1.54, 1.807) is 52.5 Å². The van der Waals surface area contributed by atoms with Gasteiger partial charge in [-0.15, -0.1) is 0 Å². The SMILES string of the molecule is COc1cc(CC(=O)N2CCCN(CC(=O)N(C)C)CC2)cc(OC)c1OC. The van der Waals surface area contributed by atoms with Crippen molar-refractivity contribution in [3.05, 3.63) is 17.7 Å². The molecular formula is C20H31N3O5. The highest BCUT2D eigenvalue weighted by molar-refractivity contribution is 5.79. The van der Waals surface area contributed by atoms with E-state index >= 15 is 0 Å². The molecule has 2 rings (SSSR count). The summed E-state index contributed by atoms with van der Waals surface area (Å²) in [6.45, 7) is 3.20. The quantitative estimate of drug-likeness (QED) is 0.685. The fraction of sp³-hybridized carbons (Fsp3) is 0.600. The van der Waals surface area contributed by atoms with Crippen LogP contribution in [0.4, 0.5) is 0 Å². The minimum Gasteiger partial charge on any atom is -0.493 e. The van der Waals surface area contributed by atoms with Gasteiger partial charge >= 0.3 is 0 Å². The lowest BCUT2D eigenvalue weighted by Gasteiger charge is -2.23. The molecule has 156 valence electrons. The van der Waals surface area contributed by atoms with Crippen molar-refractivity contribution in [1.82, 2.24) is 14.7 Å². The number of hydrogen-bond donors (Lipinski definition) is 0. The van der Waals surface area contributed by atoms with E-state index in [0.717, 1.165) is 18.5 Å². The Morgan fingerprint density at radius 2 is 1.61 bits per heavy atom. The summed E-state index contributed by atoms with van der Waals surface area (Å²) < 4.78 is 16.1. The Morgan fingerprint density at radius 1 is 0.964 bits per heavy atom. The van der Waals surface area contributed by atoms with Crippen molar-refractivity contribution >= 4 is 11.8 Å². The lowest BCUT2D eigenvalue weighted by molar-refractivity contribution is -0.130. The summed E-state index contributed by atoms with van der Waals surface area (Å²) in [5.41, 5.74) is 0.809. The number of likely N-dealkylation sites (N-methyl/N-ethyl adjacent to an activating group) is 1. The van der Waals surface area contributed by atoms with E-state index in [-0.39, 0.29) is 18.2 Å². The maximum absolute atomic E-state index is 12.8. The molecule has 0 bridgehead atoms. The molecule has 0 atom stereocenters. The molecule has 2 amide bonds. The Labute approximate surface area is 166 Å². The molecule has 0 unspecified atom stereocenters. The summed E-state index contributed by atoms with van der Waals surface area (Å²) in [6.07, 6.45) is 1.11. The lowest BCUT2D eigenvalue weighted by atomic mass is 10.1. The van der Waals surface area contributed by atoms with Crippen LogP contribution in [0, 0.1) is 0 Å². The van der Waals surface area contributed by atoms with Crippen molar-refractivity contribution in [3.63, 3.8) is 0 Å². The van der Waals surface area contributed by atoms with Crippen LogP contribution in [0.1, 0.15) is 12.0 Å². The first kappa shape index (κ1) is 21.8. The molecule has 1 aromatic carbocycles. The predicted octanol–water partition coefficient (Wildman–Crippen LogP) is 0.877. The van der Waals surface area contributed by atoms with Crippen LogP contribution in [0.3, 0.4) is 0 Å². The standard InChI is InChI=1S/C20H31N3O5/c1-21(2)19(25)14-22-7-6-8-23(10-9-22)18(24)13-15-11-16(26-3)20(28-5)17(12-15)27-4/h11-12H,6-10,13-14H2,1-5H3. The van der Waals surface area contributed by atoms with Crippen LogP contribution in [0.2, 0.25) is 0 Å². The highest BCUT2D eigenvalue weighted by Crippen LogP contribution is 2.38. The molecule has 0 saturated carbocycles. The van der Waals surface area contributed by atoms with E-state index in [9.17, 15) is 9.59 Å². The summed E-state index contributed by atoms with van der Waals surface area (Å²) in [6, 6.07) is 3.61. The highest BCUT2D eigenvalue weighted by atomic mass is 16.5. The highest BCUT2D eigenvalue weighted by Gasteiger charge is 2.22. The van der Waals surface area contributed by atoms with Gasteiger partial charge in [0.2, 0.25) is 17.6 Å². The molecule has 0 aliphatic carbocycles. The smallest absolute Gasteiger partial charge is 0.236 e. The van der Waals surface area contributed by atoms with Gasteiger partial charge in [0.15, 0.2) is 11.5 Å². The summed E-state index contributed by atoms with van der Waals surface area (Å²) >= 11 is 0. The number of carbonyl (C=O) groups is 2. The summed E-state index contributed by atoms with van der Waals surface area (Å²) in [5, 5.41) is 0. The van der Waals surface area contributed by atoms with Crippen LogP contribution < -0.4 is 14.2 Å². The van der Waals surface area contributed by atoms with E-state index in [1.165, 1.54) is 0 Å². The van der Waals surface area contributed by atoms with Gasteiger partial charge in [-0.05, 0) is 24.1 Å². The second kappa shape index (κ2) is 10.2. The van der Waals surface area contributed by atoms with Crippen molar-refractivity contribution in [2.45, 2.75) is 12.8 Å². The predicted molar refractivity (Wildman–Crippen MR) is 106 cm³/mol. The minimum atomic E-state index is 0.0510. The van der Waals surface area contributed by atoms with E-state index in [0.29, 0.717) is 43.4 Å². The number of hydrogen-bond acceptors (Lipinski definition) is 6. The molecule has 0 N–H and O–H groups in total. The maximum Gasteiger partial charge on any atom is 0.236 e. The van der Waals surface area contributed by atoms with E-state index in [2.05, 4.69) is 4.90 Å². The van der Waals surface area contributed by atoms with Crippen LogP contribution in [0.15, 0.2) is 12.1 Å². The molecule has 0 aromatic heterocycles. The summed E-state index contributed by atoms with van der Waals surface area (Å²) in [4.78, 5) is 30.3. The first-order chi connectivity index (χ1) is 13.4. The van der Waals surface area contributed by atoms with Gasteiger partial charge < -0.3 is 24.0 Å². The molecule has 0 radical (unpaired) electrons. The monoisotopic (exact) mass is 393 g/mol. The van der Waals surface area contributed by atoms with Crippen molar-refractivity contribution in [1.29, 1.82) is 0 Å². The Morgan fingerprint density at radius 3 is 2.14 bits per heavy atom. The summed E-state index contributed by atoms with van der Waals surface area (Å²) in [7, 11) is 8.18. The third-order valence-electron chi connectivity index (χ3n) is 4.88. The van der Waals surface area contributed by atoms with Gasteiger partial charge in [0.1, 0.15) is 0 Å². The van der Waals surface area contributed by atoms with Gasteiger partial charge in [0, 0.05) is 40.3 Å². The first-order valence-corrected chi connectivity index (χ1v) is 9.38. The van der Waals surface area contributed by atoms with E-state index < -0.39 is 0 Å². The number of methoxy groups -OCH3 is 3. The van der Waals surface area contributed by atoms with Crippen LogP contribution in [0.25, 0.3) is 0 Å². The third kappa shape index (κ3) is 5.51. The topological polar surface area (TPSA) is 71.6 Å². The molecule has 1 fully saturated rings. The number of benzene rings is 1. The molecule has 28 heavy (non-hydrogen) atoms. The van der Waals surface area contributed by atoms with Crippen molar-refractivity contribution in [2.24, 2.45) is 0 Å². The zero-order chi connectivity index (χ0) is 20.7. The van der Waals surface area contributed by atoms with Crippen molar-refractivity contribution in [2.75, 3.05) is 68.1 Å². The van der Waals surface area contributed by atoms with Crippen LogP contribution >= 0.6 is 0 Å². The number of rotatable bonds is 7. The molecule has 1 aliphatic rings.